The number of nitrogens with one attached hydrogen (secondary N) is 1. The maximum absolute atomic E-state index is 13.1. The minimum absolute atomic E-state index is 0.195. The summed E-state index contributed by atoms with van der Waals surface area (Å²) < 4.78 is 29.4. The number of aromatic nitrogens is 3. The summed E-state index contributed by atoms with van der Waals surface area (Å²) in [5.41, 5.74) is 2.96. The van der Waals surface area contributed by atoms with Crippen molar-refractivity contribution in [1.82, 2.24) is 19.1 Å². The summed E-state index contributed by atoms with van der Waals surface area (Å²) in [6.45, 7) is 4.73. The van der Waals surface area contributed by atoms with Crippen molar-refractivity contribution in [3.05, 3.63) is 47.3 Å². The Morgan fingerprint density at radius 3 is 2.48 bits per heavy atom. The fourth-order valence-corrected chi connectivity index (χ4v) is 5.68. The number of carbonyl (C=O) groups is 1. The van der Waals surface area contributed by atoms with E-state index in [1.54, 1.807) is 40.3 Å². The lowest BCUT2D eigenvalue weighted by Gasteiger charge is -2.20. The van der Waals surface area contributed by atoms with E-state index in [0.717, 1.165) is 25.7 Å². The third-order valence-corrected chi connectivity index (χ3v) is 7.53. The van der Waals surface area contributed by atoms with Crippen LogP contribution in [0.5, 0.6) is 0 Å². The number of benzene rings is 1. The van der Waals surface area contributed by atoms with Gasteiger partial charge in [-0.25, -0.2) is 13.4 Å². The van der Waals surface area contributed by atoms with Gasteiger partial charge >= 0.3 is 0 Å². The molecule has 1 aromatic carbocycles. The Labute approximate surface area is 182 Å². The number of anilines is 1. The van der Waals surface area contributed by atoms with Crippen LogP contribution in [0.2, 0.25) is 0 Å². The van der Waals surface area contributed by atoms with E-state index in [1.165, 1.54) is 6.07 Å². The van der Waals surface area contributed by atoms with Gasteiger partial charge in [0.2, 0.25) is 10.0 Å². The first kappa shape index (κ1) is 21.5. The van der Waals surface area contributed by atoms with Crippen molar-refractivity contribution < 1.29 is 13.2 Å². The van der Waals surface area contributed by atoms with E-state index in [9.17, 15) is 13.2 Å². The summed E-state index contributed by atoms with van der Waals surface area (Å²) in [6, 6.07) is 8.18. The van der Waals surface area contributed by atoms with E-state index in [1.807, 2.05) is 13.8 Å². The van der Waals surface area contributed by atoms with Gasteiger partial charge < -0.3 is 5.32 Å². The average Bonchev–Trinajstić information content (AvgIpc) is 2.92. The molecule has 8 nitrogen and oxygen atoms in total. The number of hydrogen-bond donors (Lipinski definition) is 1. The Morgan fingerprint density at radius 1 is 1.06 bits per heavy atom. The van der Waals surface area contributed by atoms with E-state index in [-0.39, 0.29) is 10.8 Å². The highest BCUT2D eigenvalue weighted by Crippen LogP contribution is 2.25. The highest BCUT2D eigenvalue weighted by Gasteiger charge is 2.25. The predicted octanol–water partition coefficient (Wildman–Crippen LogP) is 3.40. The van der Waals surface area contributed by atoms with Gasteiger partial charge in [0, 0.05) is 31.5 Å². The molecule has 0 radical (unpaired) electrons. The molecule has 0 atom stereocenters. The van der Waals surface area contributed by atoms with Crippen LogP contribution >= 0.6 is 0 Å². The minimum Gasteiger partial charge on any atom is -0.322 e. The summed E-state index contributed by atoms with van der Waals surface area (Å²) >= 11 is 0. The van der Waals surface area contributed by atoms with E-state index >= 15 is 0 Å². The number of nitrogens with zero attached hydrogens (tertiary/aromatic N) is 4. The summed E-state index contributed by atoms with van der Waals surface area (Å²) in [5.74, 6) is -0.323. The molecule has 31 heavy (non-hydrogen) atoms. The van der Waals surface area contributed by atoms with Crippen molar-refractivity contribution in [3.8, 4) is 0 Å². The molecule has 0 saturated carbocycles. The Kier molecular flexibility index (Phi) is 5.81. The fourth-order valence-electron chi connectivity index (χ4n) is 4.11. The van der Waals surface area contributed by atoms with Crippen molar-refractivity contribution >= 4 is 32.7 Å². The van der Waals surface area contributed by atoms with Crippen LogP contribution in [0, 0.1) is 13.8 Å². The van der Waals surface area contributed by atoms with Gasteiger partial charge in [-0.1, -0.05) is 18.9 Å². The Morgan fingerprint density at radius 2 is 1.77 bits per heavy atom. The summed E-state index contributed by atoms with van der Waals surface area (Å²) in [6.07, 6.45) is 3.85. The van der Waals surface area contributed by atoms with Crippen LogP contribution in [0.4, 0.5) is 5.69 Å². The van der Waals surface area contributed by atoms with E-state index in [0.29, 0.717) is 46.8 Å². The first-order valence-corrected chi connectivity index (χ1v) is 11.9. The van der Waals surface area contributed by atoms with Crippen LogP contribution < -0.4 is 5.32 Å². The van der Waals surface area contributed by atoms with E-state index in [2.05, 4.69) is 15.4 Å². The second-order valence-corrected chi connectivity index (χ2v) is 9.96. The van der Waals surface area contributed by atoms with E-state index in [4.69, 9.17) is 0 Å². The molecule has 4 rings (SSSR count). The third-order valence-electron chi connectivity index (χ3n) is 5.64. The molecule has 3 heterocycles. The third kappa shape index (κ3) is 4.20. The molecule has 0 spiro atoms. The zero-order chi connectivity index (χ0) is 22.2. The molecule has 1 fully saturated rings. The molecule has 1 N–H and O–H groups in total. The molecule has 3 aromatic rings. The minimum atomic E-state index is -3.59. The summed E-state index contributed by atoms with van der Waals surface area (Å²) in [4.78, 5) is 17.8. The molecule has 9 heteroatoms. The summed E-state index contributed by atoms with van der Waals surface area (Å²) in [7, 11) is -1.80. The molecule has 164 valence electrons. The van der Waals surface area contributed by atoms with Crippen molar-refractivity contribution in [2.45, 2.75) is 44.4 Å². The van der Waals surface area contributed by atoms with Crippen LogP contribution in [0.1, 0.15) is 47.4 Å². The van der Waals surface area contributed by atoms with Gasteiger partial charge in [0.25, 0.3) is 5.91 Å². The Bertz CT molecular complexity index is 1240. The molecule has 0 unspecified atom stereocenters. The zero-order valence-electron chi connectivity index (χ0n) is 18.1. The van der Waals surface area contributed by atoms with Crippen molar-refractivity contribution in [1.29, 1.82) is 0 Å². The number of amides is 1. The van der Waals surface area contributed by atoms with Crippen LogP contribution in [0.15, 0.2) is 35.2 Å². The maximum Gasteiger partial charge on any atom is 0.256 e. The molecular formula is C22H27N5O3S. The topological polar surface area (TPSA) is 97.2 Å². The van der Waals surface area contributed by atoms with Crippen molar-refractivity contribution in [2.75, 3.05) is 18.4 Å². The number of carbonyl (C=O) groups excluding carboxylic acids is 1. The standard InChI is InChI=1S/C22H27N5O3S/c1-15-13-19(20-16(2)25-26(3)21(20)23-15)22(28)24-17-9-8-10-18(14-17)31(29,30)27-11-6-4-5-7-12-27/h8-10,13-14H,4-7,11-12H2,1-3H3,(H,24,28). The van der Waals surface area contributed by atoms with Crippen LogP contribution in [0.3, 0.4) is 0 Å². The number of fused-ring (bicyclic) bond motifs is 1. The fraction of sp³-hybridized carbons (Fsp3) is 0.409. The molecule has 2 aromatic heterocycles. The lowest BCUT2D eigenvalue weighted by molar-refractivity contribution is 0.102. The lowest BCUT2D eigenvalue weighted by atomic mass is 10.1. The second-order valence-electron chi connectivity index (χ2n) is 8.02. The molecule has 0 bridgehead atoms. The van der Waals surface area contributed by atoms with Gasteiger partial charge in [-0.05, 0) is 51.0 Å². The number of hydrogen-bond acceptors (Lipinski definition) is 5. The normalized spacial score (nSPS) is 15.7. The van der Waals surface area contributed by atoms with Gasteiger partial charge in [0.05, 0.1) is 21.5 Å². The van der Waals surface area contributed by atoms with E-state index < -0.39 is 10.0 Å². The molecule has 0 aliphatic carbocycles. The van der Waals surface area contributed by atoms with Gasteiger partial charge in [-0.2, -0.15) is 9.40 Å². The Hall–Kier alpha value is -2.78. The largest absolute Gasteiger partial charge is 0.322 e. The van der Waals surface area contributed by atoms with Crippen LogP contribution in [0.25, 0.3) is 11.0 Å². The van der Waals surface area contributed by atoms with Crippen molar-refractivity contribution in [3.63, 3.8) is 0 Å². The van der Waals surface area contributed by atoms with Gasteiger partial charge in [-0.15, -0.1) is 0 Å². The molecule has 1 saturated heterocycles. The maximum atomic E-state index is 13.1. The highest BCUT2D eigenvalue weighted by molar-refractivity contribution is 7.89. The monoisotopic (exact) mass is 441 g/mol. The molecule has 1 amide bonds. The smallest absolute Gasteiger partial charge is 0.256 e. The molecular weight excluding hydrogens is 414 g/mol. The van der Waals surface area contributed by atoms with Gasteiger partial charge in [-0.3, -0.25) is 9.48 Å². The van der Waals surface area contributed by atoms with Crippen LogP contribution in [-0.2, 0) is 17.1 Å². The molecule has 1 aliphatic rings. The molecule has 1 aliphatic heterocycles. The zero-order valence-corrected chi connectivity index (χ0v) is 18.9. The summed E-state index contributed by atoms with van der Waals surface area (Å²) in [5, 5.41) is 7.93. The number of aryl methyl sites for hydroxylation is 3. The quantitative estimate of drug-likeness (QED) is 0.669. The average molecular weight is 442 g/mol. The highest BCUT2D eigenvalue weighted by atomic mass is 32.2. The number of rotatable bonds is 4. The first-order valence-electron chi connectivity index (χ1n) is 10.5. The Balaban J connectivity index is 1.64. The number of sulfonamides is 1. The van der Waals surface area contributed by atoms with Gasteiger partial charge in [0.1, 0.15) is 0 Å². The van der Waals surface area contributed by atoms with Gasteiger partial charge in [0.15, 0.2) is 5.65 Å². The van der Waals surface area contributed by atoms with Crippen molar-refractivity contribution in [2.24, 2.45) is 7.05 Å². The van der Waals surface area contributed by atoms with Crippen LogP contribution in [-0.4, -0.2) is 46.5 Å². The number of pyridine rings is 1. The first-order chi connectivity index (χ1) is 14.8. The second kappa shape index (κ2) is 8.39. The predicted molar refractivity (Wildman–Crippen MR) is 120 cm³/mol. The lowest BCUT2D eigenvalue weighted by Crippen LogP contribution is -2.32. The SMILES string of the molecule is Cc1cc(C(=O)Nc2cccc(S(=O)(=O)N3CCCCCC3)c2)c2c(C)nn(C)c2n1.